The summed E-state index contributed by atoms with van der Waals surface area (Å²) in [5, 5.41) is 0. The molecule has 0 N–H and O–H groups in total. The number of methoxy groups -OCH3 is 2. The second kappa shape index (κ2) is 4.79. The SMILES string of the molecule is COc1ccc(-c2oc(Br)nc2C)cc1OC. The molecular weight excluding hydrogens is 286 g/mol. The molecule has 0 saturated heterocycles. The third-order valence-corrected chi connectivity index (χ3v) is 2.76. The van der Waals surface area contributed by atoms with Gasteiger partial charge < -0.3 is 13.9 Å². The van der Waals surface area contributed by atoms with E-state index >= 15 is 0 Å². The van der Waals surface area contributed by atoms with Gasteiger partial charge in [-0.3, -0.25) is 0 Å². The van der Waals surface area contributed by atoms with Crippen LogP contribution in [0.2, 0.25) is 0 Å². The molecule has 5 heteroatoms. The normalized spacial score (nSPS) is 10.4. The number of hydrogen-bond donors (Lipinski definition) is 0. The van der Waals surface area contributed by atoms with Crippen molar-refractivity contribution in [2.24, 2.45) is 0 Å². The van der Waals surface area contributed by atoms with Crippen molar-refractivity contribution in [3.8, 4) is 22.8 Å². The molecule has 0 aliphatic carbocycles. The predicted molar refractivity (Wildman–Crippen MR) is 67.5 cm³/mol. The number of benzene rings is 1. The lowest BCUT2D eigenvalue weighted by atomic mass is 10.1. The molecule has 90 valence electrons. The van der Waals surface area contributed by atoms with Gasteiger partial charge in [0.2, 0.25) is 0 Å². The highest BCUT2D eigenvalue weighted by atomic mass is 79.9. The van der Waals surface area contributed by atoms with Crippen molar-refractivity contribution in [1.82, 2.24) is 4.98 Å². The monoisotopic (exact) mass is 297 g/mol. The van der Waals surface area contributed by atoms with Crippen LogP contribution in [-0.4, -0.2) is 19.2 Å². The number of rotatable bonds is 3. The summed E-state index contributed by atoms with van der Waals surface area (Å²) in [6, 6.07) is 5.60. The summed E-state index contributed by atoms with van der Waals surface area (Å²) in [5.41, 5.74) is 1.72. The molecule has 1 aromatic carbocycles. The number of hydrogen-bond acceptors (Lipinski definition) is 4. The van der Waals surface area contributed by atoms with Crippen LogP contribution in [0.5, 0.6) is 11.5 Å². The van der Waals surface area contributed by atoms with Crippen molar-refractivity contribution < 1.29 is 13.9 Å². The lowest BCUT2D eigenvalue weighted by Crippen LogP contribution is -1.90. The minimum absolute atomic E-state index is 0.472. The molecule has 0 radical (unpaired) electrons. The summed E-state index contributed by atoms with van der Waals surface area (Å²) in [4.78, 5) is 4.64. The van der Waals surface area contributed by atoms with Crippen molar-refractivity contribution in [2.75, 3.05) is 14.2 Å². The van der Waals surface area contributed by atoms with E-state index in [0.717, 1.165) is 17.0 Å². The van der Waals surface area contributed by atoms with E-state index in [-0.39, 0.29) is 0 Å². The van der Waals surface area contributed by atoms with E-state index in [1.54, 1.807) is 14.2 Å². The van der Waals surface area contributed by atoms with Crippen molar-refractivity contribution in [1.29, 1.82) is 0 Å². The van der Waals surface area contributed by atoms with Gasteiger partial charge in [-0.1, -0.05) is 0 Å². The Bertz CT molecular complexity index is 537. The van der Waals surface area contributed by atoms with Gasteiger partial charge in [0.1, 0.15) is 0 Å². The Hall–Kier alpha value is -1.49. The smallest absolute Gasteiger partial charge is 0.264 e. The van der Waals surface area contributed by atoms with Crippen LogP contribution in [0.25, 0.3) is 11.3 Å². The summed E-state index contributed by atoms with van der Waals surface area (Å²) >= 11 is 3.21. The molecule has 0 amide bonds. The van der Waals surface area contributed by atoms with Gasteiger partial charge in [0.25, 0.3) is 4.80 Å². The summed E-state index contributed by atoms with van der Waals surface area (Å²) in [6.07, 6.45) is 0. The summed E-state index contributed by atoms with van der Waals surface area (Å²) < 4.78 is 15.9. The molecule has 0 fully saturated rings. The van der Waals surface area contributed by atoms with Gasteiger partial charge >= 0.3 is 0 Å². The van der Waals surface area contributed by atoms with Crippen LogP contribution in [0, 0.1) is 6.92 Å². The third kappa shape index (κ3) is 2.29. The van der Waals surface area contributed by atoms with Crippen LogP contribution in [0.3, 0.4) is 0 Å². The molecule has 0 bridgehead atoms. The van der Waals surface area contributed by atoms with Crippen LogP contribution in [0.15, 0.2) is 27.4 Å². The van der Waals surface area contributed by atoms with E-state index < -0.39 is 0 Å². The average molecular weight is 298 g/mol. The molecule has 2 aromatic rings. The van der Waals surface area contributed by atoms with E-state index in [0.29, 0.717) is 16.3 Å². The molecule has 0 atom stereocenters. The quantitative estimate of drug-likeness (QED) is 0.871. The summed E-state index contributed by atoms with van der Waals surface area (Å²) in [5.74, 6) is 2.07. The fraction of sp³-hybridized carbons (Fsp3) is 0.250. The molecule has 1 aromatic heterocycles. The number of aromatic nitrogens is 1. The summed E-state index contributed by atoms with van der Waals surface area (Å²) in [6.45, 7) is 1.89. The first-order chi connectivity index (χ1) is 8.15. The number of halogens is 1. The maximum atomic E-state index is 5.48. The second-order valence-corrected chi connectivity index (χ2v) is 4.13. The van der Waals surface area contributed by atoms with Gasteiger partial charge in [-0.05, 0) is 25.1 Å². The first kappa shape index (κ1) is 12.0. The van der Waals surface area contributed by atoms with Gasteiger partial charge in [-0.15, -0.1) is 0 Å². The molecular formula is C12H12BrNO3. The topological polar surface area (TPSA) is 44.5 Å². The van der Waals surface area contributed by atoms with E-state index in [9.17, 15) is 0 Å². The Morgan fingerprint density at radius 1 is 1.18 bits per heavy atom. The maximum absolute atomic E-state index is 5.48. The Morgan fingerprint density at radius 2 is 1.88 bits per heavy atom. The number of nitrogens with zero attached hydrogens (tertiary/aromatic N) is 1. The van der Waals surface area contributed by atoms with Gasteiger partial charge in [0.15, 0.2) is 17.3 Å². The zero-order valence-corrected chi connectivity index (χ0v) is 11.4. The summed E-state index contributed by atoms with van der Waals surface area (Å²) in [7, 11) is 3.21. The highest BCUT2D eigenvalue weighted by Crippen LogP contribution is 2.34. The van der Waals surface area contributed by atoms with Crippen LogP contribution >= 0.6 is 15.9 Å². The molecule has 0 aliphatic heterocycles. The van der Waals surface area contributed by atoms with Gasteiger partial charge in [0.05, 0.1) is 19.9 Å². The highest BCUT2D eigenvalue weighted by Gasteiger charge is 2.13. The number of oxazole rings is 1. The van der Waals surface area contributed by atoms with Gasteiger partial charge in [-0.2, -0.15) is 0 Å². The Balaban J connectivity index is 2.50. The van der Waals surface area contributed by atoms with Crippen LogP contribution < -0.4 is 9.47 Å². The lowest BCUT2D eigenvalue weighted by molar-refractivity contribution is 0.355. The van der Waals surface area contributed by atoms with E-state index in [2.05, 4.69) is 20.9 Å². The average Bonchev–Trinajstić information content (AvgIpc) is 2.67. The fourth-order valence-corrected chi connectivity index (χ4v) is 2.04. The van der Waals surface area contributed by atoms with E-state index in [1.165, 1.54) is 0 Å². The van der Waals surface area contributed by atoms with Gasteiger partial charge in [-0.25, -0.2) is 4.98 Å². The van der Waals surface area contributed by atoms with E-state index in [4.69, 9.17) is 13.9 Å². The van der Waals surface area contributed by atoms with Gasteiger partial charge in [0, 0.05) is 21.5 Å². The lowest BCUT2D eigenvalue weighted by Gasteiger charge is -2.08. The Morgan fingerprint density at radius 3 is 2.41 bits per heavy atom. The second-order valence-electron chi connectivity index (χ2n) is 3.45. The molecule has 0 saturated carbocycles. The molecule has 1 heterocycles. The predicted octanol–water partition coefficient (Wildman–Crippen LogP) is 3.43. The highest BCUT2D eigenvalue weighted by molar-refractivity contribution is 9.10. The Kier molecular flexibility index (Phi) is 3.38. The minimum atomic E-state index is 0.472. The van der Waals surface area contributed by atoms with Crippen LogP contribution in [-0.2, 0) is 0 Å². The van der Waals surface area contributed by atoms with Crippen molar-refractivity contribution in [3.63, 3.8) is 0 Å². The van der Waals surface area contributed by atoms with Crippen LogP contribution in [0.4, 0.5) is 0 Å². The van der Waals surface area contributed by atoms with Crippen molar-refractivity contribution in [2.45, 2.75) is 6.92 Å². The standard InChI is InChI=1S/C12H12BrNO3/c1-7-11(17-12(13)14-7)8-4-5-9(15-2)10(6-8)16-3/h4-6H,1-3H3. The molecule has 17 heavy (non-hydrogen) atoms. The maximum Gasteiger partial charge on any atom is 0.264 e. The molecule has 2 rings (SSSR count). The zero-order chi connectivity index (χ0) is 12.4. The third-order valence-electron chi connectivity index (χ3n) is 2.42. The Labute approximate surface area is 108 Å². The molecule has 0 spiro atoms. The van der Waals surface area contributed by atoms with Crippen molar-refractivity contribution >= 4 is 15.9 Å². The molecule has 4 nitrogen and oxygen atoms in total. The molecule has 0 aliphatic rings. The first-order valence-electron chi connectivity index (χ1n) is 5.01. The fourth-order valence-electron chi connectivity index (χ4n) is 1.61. The van der Waals surface area contributed by atoms with Crippen molar-refractivity contribution in [3.05, 3.63) is 28.7 Å². The largest absolute Gasteiger partial charge is 0.493 e. The molecule has 0 unspecified atom stereocenters. The first-order valence-corrected chi connectivity index (χ1v) is 5.80. The van der Waals surface area contributed by atoms with Crippen LogP contribution in [0.1, 0.15) is 5.69 Å². The zero-order valence-electron chi connectivity index (χ0n) is 9.78. The minimum Gasteiger partial charge on any atom is -0.493 e. The number of ether oxygens (including phenoxy) is 2. The number of aryl methyl sites for hydroxylation is 1. The van der Waals surface area contributed by atoms with E-state index in [1.807, 2.05) is 25.1 Å².